The summed E-state index contributed by atoms with van der Waals surface area (Å²) in [5.41, 5.74) is 8.11. The van der Waals surface area contributed by atoms with Crippen molar-refractivity contribution in [1.29, 1.82) is 0 Å². The molecule has 1 atom stereocenters. The lowest BCUT2D eigenvalue weighted by molar-refractivity contribution is -0.126. The summed E-state index contributed by atoms with van der Waals surface area (Å²) in [6.45, 7) is 7.16. The average molecular weight is 248 g/mol. The predicted octanol–water partition coefficient (Wildman–Crippen LogP) is 2.10. The summed E-state index contributed by atoms with van der Waals surface area (Å²) in [7, 11) is 0. The van der Waals surface area contributed by atoms with Crippen molar-refractivity contribution in [3.05, 3.63) is 35.4 Å². The van der Waals surface area contributed by atoms with Gasteiger partial charge in [0.15, 0.2) is 0 Å². The maximum absolute atomic E-state index is 12.0. The zero-order valence-corrected chi connectivity index (χ0v) is 11.6. The highest BCUT2D eigenvalue weighted by atomic mass is 16.1. The van der Waals surface area contributed by atoms with E-state index in [1.54, 1.807) is 0 Å². The van der Waals surface area contributed by atoms with Crippen molar-refractivity contribution in [1.82, 2.24) is 5.32 Å². The van der Waals surface area contributed by atoms with Gasteiger partial charge in [-0.15, -0.1) is 0 Å². The number of hydrogen-bond donors (Lipinski definition) is 2. The molecule has 3 N–H and O–H groups in total. The van der Waals surface area contributed by atoms with Crippen molar-refractivity contribution in [3.8, 4) is 0 Å². The summed E-state index contributed by atoms with van der Waals surface area (Å²) in [6, 6.07) is 8.20. The second kappa shape index (κ2) is 7.17. The lowest BCUT2D eigenvalue weighted by Gasteiger charge is -2.18. The highest BCUT2D eigenvalue weighted by Gasteiger charge is 2.20. The summed E-state index contributed by atoms with van der Waals surface area (Å²) in [4.78, 5) is 12.0. The van der Waals surface area contributed by atoms with E-state index in [0.29, 0.717) is 13.1 Å². The van der Waals surface area contributed by atoms with Crippen LogP contribution >= 0.6 is 0 Å². The molecule has 1 unspecified atom stereocenters. The van der Waals surface area contributed by atoms with Crippen LogP contribution in [0.1, 0.15) is 31.9 Å². The monoisotopic (exact) mass is 248 g/mol. The number of benzene rings is 1. The third-order valence-electron chi connectivity index (χ3n) is 3.35. The SMILES string of the molecule is CCc1ccccc1CNC(=O)C(CN)C(C)C. The maximum atomic E-state index is 12.0. The first-order valence-electron chi connectivity index (χ1n) is 6.64. The van der Waals surface area contributed by atoms with Crippen molar-refractivity contribution in [2.45, 2.75) is 33.7 Å². The lowest BCUT2D eigenvalue weighted by atomic mass is 9.95. The van der Waals surface area contributed by atoms with Crippen LogP contribution in [0.5, 0.6) is 0 Å². The van der Waals surface area contributed by atoms with Gasteiger partial charge in [0.25, 0.3) is 0 Å². The Morgan fingerprint density at radius 1 is 1.28 bits per heavy atom. The van der Waals surface area contributed by atoms with Gasteiger partial charge in [0.1, 0.15) is 0 Å². The molecule has 18 heavy (non-hydrogen) atoms. The fourth-order valence-corrected chi connectivity index (χ4v) is 2.07. The summed E-state index contributed by atoms with van der Waals surface area (Å²) in [5.74, 6) is 0.230. The standard InChI is InChI=1S/C15H24N2O/c1-4-12-7-5-6-8-13(12)10-17-15(18)14(9-16)11(2)3/h5-8,11,14H,4,9-10,16H2,1-3H3,(H,17,18). The Morgan fingerprint density at radius 3 is 2.39 bits per heavy atom. The van der Waals surface area contributed by atoms with Gasteiger partial charge in [-0.3, -0.25) is 4.79 Å². The van der Waals surface area contributed by atoms with E-state index in [-0.39, 0.29) is 17.7 Å². The van der Waals surface area contributed by atoms with Gasteiger partial charge in [-0.25, -0.2) is 0 Å². The fourth-order valence-electron chi connectivity index (χ4n) is 2.07. The number of nitrogens with two attached hydrogens (primary N) is 1. The Balaban J connectivity index is 2.62. The number of aryl methyl sites for hydroxylation is 1. The van der Waals surface area contributed by atoms with E-state index in [9.17, 15) is 4.79 Å². The van der Waals surface area contributed by atoms with Gasteiger partial charge in [0.05, 0.1) is 5.92 Å². The molecule has 1 aromatic rings. The number of carbonyl (C=O) groups excluding carboxylic acids is 1. The Kier molecular flexibility index (Phi) is 5.86. The zero-order valence-electron chi connectivity index (χ0n) is 11.6. The molecule has 0 aliphatic carbocycles. The number of carbonyl (C=O) groups is 1. The van der Waals surface area contributed by atoms with Crippen LogP contribution in [0.3, 0.4) is 0 Å². The van der Waals surface area contributed by atoms with Gasteiger partial charge in [-0.2, -0.15) is 0 Å². The molecule has 0 heterocycles. The topological polar surface area (TPSA) is 55.1 Å². The van der Waals surface area contributed by atoms with E-state index in [4.69, 9.17) is 5.73 Å². The molecule has 0 aromatic heterocycles. The van der Waals surface area contributed by atoms with Crippen LogP contribution < -0.4 is 11.1 Å². The molecule has 1 amide bonds. The molecule has 0 saturated carbocycles. The first-order chi connectivity index (χ1) is 8.60. The van der Waals surface area contributed by atoms with Crippen LogP contribution in [-0.2, 0) is 17.8 Å². The Hall–Kier alpha value is -1.35. The minimum atomic E-state index is -0.0983. The number of nitrogens with one attached hydrogen (secondary N) is 1. The number of hydrogen-bond acceptors (Lipinski definition) is 2. The van der Waals surface area contributed by atoms with E-state index in [2.05, 4.69) is 24.4 Å². The first kappa shape index (κ1) is 14.7. The van der Waals surface area contributed by atoms with Crippen LogP contribution in [0.2, 0.25) is 0 Å². The van der Waals surface area contributed by atoms with E-state index in [0.717, 1.165) is 6.42 Å². The largest absolute Gasteiger partial charge is 0.352 e. The molecule has 3 heteroatoms. The smallest absolute Gasteiger partial charge is 0.224 e. The Labute approximate surface area is 110 Å². The Bertz CT molecular complexity index is 388. The fraction of sp³-hybridized carbons (Fsp3) is 0.533. The minimum Gasteiger partial charge on any atom is -0.352 e. The quantitative estimate of drug-likeness (QED) is 0.810. The van der Waals surface area contributed by atoms with Crippen LogP contribution in [0.15, 0.2) is 24.3 Å². The molecule has 100 valence electrons. The average Bonchev–Trinajstić information content (AvgIpc) is 2.37. The molecule has 0 aliphatic rings. The molecule has 0 radical (unpaired) electrons. The molecule has 0 saturated heterocycles. The predicted molar refractivity (Wildman–Crippen MR) is 75.0 cm³/mol. The molecule has 0 fully saturated rings. The number of rotatable bonds is 6. The molecule has 3 nitrogen and oxygen atoms in total. The van der Waals surface area contributed by atoms with Crippen molar-refractivity contribution < 1.29 is 4.79 Å². The maximum Gasteiger partial charge on any atom is 0.224 e. The molecule has 0 spiro atoms. The van der Waals surface area contributed by atoms with Crippen molar-refractivity contribution in [3.63, 3.8) is 0 Å². The summed E-state index contributed by atoms with van der Waals surface area (Å²) in [5, 5.41) is 2.99. The van der Waals surface area contributed by atoms with Crippen LogP contribution in [-0.4, -0.2) is 12.5 Å². The highest BCUT2D eigenvalue weighted by Crippen LogP contribution is 2.12. The van der Waals surface area contributed by atoms with Crippen LogP contribution in [0.4, 0.5) is 0 Å². The molecular formula is C15H24N2O. The lowest BCUT2D eigenvalue weighted by Crippen LogP contribution is -2.37. The van der Waals surface area contributed by atoms with E-state index in [1.165, 1.54) is 11.1 Å². The first-order valence-corrected chi connectivity index (χ1v) is 6.64. The molecule has 1 aromatic carbocycles. The third kappa shape index (κ3) is 3.84. The van der Waals surface area contributed by atoms with Crippen molar-refractivity contribution >= 4 is 5.91 Å². The van der Waals surface area contributed by atoms with Gasteiger partial charge in [-0.05, 0) is 23.5 Å². The van der Waals surface area contributed by atoms with Crippen LogP contribution in [0.25, 0.3) is 0 Å². The second-order valence-corrected chi connectivity index (χ2v) is 4.93. The van der Waals surface area contributed by atoms with Gasteiger partial charge in [0.2, 0.25) is 5.91 Å². The normalized spacial score (nSPS) is 12.5. The van der Waals surface area contributed by atoms with Crippen LogP contribution in [0, 0.1) is 11.8 Å². The molecule has 0 aliphatic heterocycles. The zero-order chi connectivity index (χ0) is 13.5. The van der Waals surface area contributed by atoms with E-state index < -0.39 is 0 Å². The summed E-state index contributed by atoms with van der Waals surface area (Å²) in [6.07, 6.45) is 0.983. The highest BCUT2D eigenvalue weighted by molar-refractivity contribution is 5.79. The van der Waals surface area contributed by atoms with Gasteiger partial charge in [-0.1, -0.05) is 45.0 Å². The molecule has 1 rings (SSSR count). The van der Waals surface area contributed by atoms with Gasteiger partial charge < -0.3 is 11.1 Å². The van der Waals surface area contributed by atoms with Gasteiger partial charge >= 0.3 is 0 Å². The number of amides is 1. The van der Waals surface area contributed by atoms with Crippen molar-refractivity contribution in [2.75, 3.05) is 6.54 Å². The second-order valence-electron chi connectivity index (χ2n) is 4.93. The van der Waals surface area contributed by atoms with E-state index >= 15 is 0 Å². The van der Waals surface area contributed by atoms with E-state index in [1.807, 2.05) is 26.0 Å². The minimum absolute atomic E-state index is 0.0541. The van der Waals surface area contributed by atoms with Crippen molar-refractivity contribution in [2.24, 2.45) is 17.6 Å². The summed E-state index contributed by atoms with van der Waals surface area (Å²) < 4.78 is 0. The Morgan fingerprint density at radius 2 is 1.89 bits per heavy atom. The molecular weight excluding hydrogens is 224 g/mol. The molecule has 0 bridgehead atoms. The summed E-state index contributed by atoms with van der Waals surface area (Å²) >= 11 is 0. The van der Waals surface area contributed by atoms with Gasteiger partial charge in [0, 0.05) is 13.1 Å². The third-order valence-corrected chi connectivity index (χ3v) is 3.35.